The highest BCUT2D eigenvalue weighted by atomic mass is 35.5. The van der Waals surface area contributed by atoms with Gasteiger partial charge in [-0.2, -0.15) is 0 Å². The predicted octanol–water partition coefficient (Wildman–Crippen LogP) is 4.44. The van der Waals surface area contributed by atoms with Crippen LogP contribution in [0.4, 0.5) is 10.8 Å². The summed E-state index contributed by atoms with van der Waals surface area (Å²) >= 11 is 13.1. The smallest absolute Gasteiger partial charge is 0.257 e. The number of hydrogen-bond acceptors (Lipinski definition) is 4. The molecule has 7 heteroatoms. The van der Waals surface area contributed by atoms with Crippen LogP contribution in [0, 0.1) is 0 Å². The molecule has 4 nitrogen and oxygen atoms in total. The minimum Gasteiger partial charge on any atom is -0.398 e. The van der Waals surface area contributed by atoms with E-state index in [4.69, 9.17) is 28.9 Å². The van der Waals surface area contributed by atoms with Crippen molar-refractivity contribution in [1.82, 2.24) is 4.98 Å². The summed E-state index contributed by atoms with van der Waals surface area (Å²) in [4.78, 5) is 16.5. The van der Waals surface area contributed by atoms with Gasteiger partial charge in [-0.25, -0.2) is 4.98 Å². The third-order valence-corrected chi connectivity index (χ3v) is 4.34. The summed E-state index contributed by atoms with van der Waals surface area (Å²) in [6.45, 7) is 0. The molecular weight excluding hydrogens is 329 g/mol. The van der Waals surface area contributed by atoms with Crippen LogP contribution in [-0.2, 0) is 0 Å². The molecule has 1 heterocycles. The van der Waals surface area contributed by atoms with Crippen LogP contribution in [0.5, 0.6) is 0 Å². The van der Waals surface area contributed by atoms with Gasteiger partial charge in [0, 0.05) is 10.6 Å². The quantitative estimate of drug-likeness (QED) is 0.679. The molecule has 3 aromatic rings. The standard InChI is InChI=1S/C14H9Cl2N3OS/c15-8-2-4-11-12(6-8)21-14(18-11)19-13(20)7-1-3-9(16)10(17)5-7/h1-6H,17H2,(H,18,19,20). The lowest BCUT2D eigenvalue weighted by Crippen LogP contribution is -2.11. The first-order valence-corrected chi connectivity index (χ1v) is 7.52. The Morgan fingerprint density at radius 3 is 2.76 bits per heavy atom. The van der Waals surface area contributed by atoms with E-state index in [1.807, 2.05) is 12.1 Å². The van der Waals surface area contributed by atoms with Gasteiger partial charge in [-0.05, 0) is 36.4 Å². The molecule has 0 atom stereocenters. The van der Waals surface area contributed by atoms with Gasteiger partial charge in [-0.15, -0.1) is 0 Å². The third kappa shape index (κ3) is 2.95. The first-order valence-electron chi connectivity index (χ1n) is 5.95. The number of anilines is 2. The third-order valence-electron chi connectivity index (χ3n) is 2.83. The van der Waals surface area contributed by atoms with E-state index in [0.717, 1.165) is 10.2 Å². The summed E-state index contributed by atoms with van der Waals surface area (Å²) in [6.07, 6.45) is 0. The molecule has 1 amide bonds. The second-order valence-electron chi connectivity index (χ2n) is 4.32. The second-order valence-corrected chi connectivity index (χ2v) is 6.20. The lowest BCUT2D eigenvalue weighted by Gasteiger charge is -2.03. The van der Waals surface area contributed by atoms with E-state index < -0.39 is 0 Å². The number of nitrogens with one attached hydrogen (secondary N) is 1. The Morgan fingerprint density at radius 1 is 1.19 bits per heavy atom. The second kappa shape index (κ2) is 5.52. The van der Waals surface area contributed by atoms with Crippen molar-refractivity contribution in [3.05, 3.63) is 52.0 Å². The molecule has 1 aromatic heterocycles. The van der Waals surface area contributed by atoms with Crippen LogP contribution in [-0.4, -0.2) is 10.9 Å². The molecule has 0 radical (unpaired) electrons. The number of carbonyl (C=O) groups is 1. The number of nitrogens with two attached hydrogens (primary N) is 1. The van der Waals surface area contributed by atoms with E-state index in [-0.39, 0.29) is 5.91 Å². The van der Waals surface area contributed by atoms with E-state index in [9.17, 15) is 4.79 Å². The van der Waals surface area contributed by atoms with Gasteiger partial charge >= 0.3 is 0 Å². The van der Waals surface area contributed by atoms with Crippen molar-refractivity contribution < 1.29 is 4.79 Å². The van der Waals surface area contributed by atoms with Gasteiger partial charge in [0.15, 0.2) is 5.13 Å². The summed E-state index contributed by atoms with van der Waals surface area (Å²) in [5.74, 6) is -0.288. The molecule has 0 spiro atoms. The Kier molecular flexibility index (Phi) is 3.71. The highest BCUT2D eigenvalue weighted by Crippen LogP contribution is 2.29. The first kappa shape index (κ1) is 14.1. The molecule has 0 saturated carbocycles. The molecule has 3 N–H and O–H groups in total. The lowest BCUT2D eigenvalue weighted by atomic mass is 10.2. The average Bonchev–Trinajstić information content (AvgIpc) is 2.83. The number of hydrogen-bond donors (Lipinski definition) is 2. The summed E-state index contributed by atoms with van der Waals surface area (Å²) in [5.41, 5.74) is 7.26. The van der Waals surface area contributed by atoms with Gasteiger partial charge in [-0.3, -0.25) is 10.1 Å². The molecule has 3 rings (SSSR count). The summed E-state index contributed by atoms with van der Waals surface area (Å²) in [6, 6.07) is 10.1. The summed E-state index contributed by atoms with van der Waals surface area (Å²) in [7, 11) is 0. The van der Waals surface area contributed by atoms with Crippen molar-refractivity contribution in [1.29, 1.82) is 0 Å². The Balaban J connectivity index is 1.87. The van der Waals surface area contributed by atoms with Crippen LogP contribution < -0.4 is 11.1 Å². The molecule has 2 aromatic carbocycles. The van der Waals surface area contributed by atoms with Crippen molar-refractivity contribution in [3.8, 4) is 0 Å². The topological polar surface area (TPSA) is 68.0 Å². The van der Waals surface area contributed by atoms with E-state index in [0.29, 0.717) is 26.4 Å². The largest absolute Gasteiger partial charge is 0.398 e. The fourth-order valence-corrected chi connectivity index (χ4v) is 3.06. The number of nitrogens with zero attached hydrogens (tertiary/aromatic N) is 1. The number of thiazole rings is 1. The molecule has 0 saturated heterocycles. The molecule has 0 bridgehead atoms. The number of rotatable bonds is 2. The maximum absolute atomic E-state index is 12.2. The Bertz CT molecular complexity index is 847. The number of aromatic nitrogens is 1. The fourth-order valence-electron chi connectivity index (χ4n) is 1.81. The van der Waals surface area contributed by atoms with E-state index in [1.165, 1.54) is 17.4 Å². The fraction of sp³-hybridized carbons (Fsp3) is 0. The van der Waals surface area contributed by atoms with Gasteiger partial charge in [0.2, 0.25) is 0 Å². The first-order chi connectivity index (χ1) is 10.0. The van der Waals surface area contributed by atoms with Gasteiger partial charge in [-0.1, -0.05) is 34.5 Å². The van der Waals surface area contributed by atoms with Crippen LogP contribution in [0.25, 0.3) is 10.2 Å². The van der Waals surface area contributed by atoms with Gasteiger partial charge < -0.3 is 5.73 Å². The zero-order chi connectivity index (χ0) is 15.0. The van der Waals surface area contributed by atoms with Crippen molar-refractivity contribution in [3.63, 3.8) is 0 Å². The molecule has 106 valence electrons. The number of fused-ring (bicyclic) bond motifs is 1. The molecule has 0 aliphatic carbocycles. The van der Waals surface area contributed by atoms with E-state index in [1.54, 1.807) is 18.2 Å². The Hall–Kier alpha value is -1.82. The van der Waals surface area contributed by atoms with Gasteiger partial charge in [0.05, 0.1) is 20.9 Å². The molecular formula is C14H9Cl2N3OS. The molecule has 0 fully saturated rings. The van der Waals surface area contributed by atoms with Crippen LogP contribution >= 0.6 is 34.5 Å². The van der Waals surface area contributed by atoms with E-state index >= 15 is 0 Å². The zero-order valence-electron chi connectivity index (χ0n) is 10.6. The van der Waals surface area contributed by atoms with Crippen LogP contribution in [0.1, 0.15) is 10.4 Å². The van der Waals surface area contributed by atoms with Crippen molar-refractivity contribution in [2.45, 2.75) is 0 Å². The number of benzene rings is 2. The van der Waals surface area contributed by atoms with Crippen LogP contribution in [0.2, 0.25) is 10.0 Å². The summed E-state index contributed by atoms with van der Waals surface area (Å²) in [5, 5.41) is 4.30. The minimum absolute atomic E-state index is 0.288. The summed E-state index contributed by atoms with van der Waals surface area (Å²) < 4.78 is 0.911. The normalized spacial score (nSPS) is 10.8. The number of carbonyl (C=O) groups excluding carboxylic acids is 1. The van der Waals surface area contributed by atoms with Crippen LogP contribution in [0.15, 0.2) is 36.4 Å². The maximum atomic E-state index is 12.2. The number of amides is 1. The molecule has 0 aliphatic heterocycles. The lowest BCUT2D eigenvalue weighted by molar-refractivity contribution is 0.102. The average molecular weight is 338 g/mol. The maximum Gasteiger partial charge on any atom is 0.257 e. The Labute approximate surface area is 134 Å². The highest BCUT2D eigenvalue weighted by molar-refractivity contribution is 7.22. The molecule has 0 aliphatic rings. The monoisotopic (exact) mass is 337 g/mol. The molecule has 21 heavy (non-hydrogen) atoms. The van der Waals surface area contributed by atoms with Crippen molar-refractivity contribution in [2.24, 2.45) is 0 Å². The minimum atomic E-state index is -0.288. The predicted molar refractivity (Wildman–Crippen MR) is 88.4 cm³/mol. The van der Waals surface area contributed by atoms with Crippen molar-refractivity contribution in [2.75, 3.05) is 11.1 Å². The highest BCUT2D eigenvalue weighted by Gasteiger charge is 2.11. The van der Waals surface area contributed by atoms with Gasteiger partial charge in [0.25, 0.3) is 5.91 Å². The van der Waals surface area contributed by atoms with Crippen LogP contribution in [0.3, 0.4) is 0 Å². The number of nitrogen functional groups attached to an aromatic ring is 1. The number of halogens is 2. The zero-order valence-corrected chi connectivity index (χ0v) is 12.9. The Morgan fingerprint density at radius 2 is 2.00 bits per heavy atom. The molecule has 0 unspecified atom stereocenters. The van der Waals surface area contributed by atoms with E-state index in [2.05, 4.69) is 10.3 Å². The van der Waals surface area contributed by atoms with Crippen molar-refractivity contribution >= 4 is 61.5 Å². The van der Waals surface area contributed by atoms with Gasteiger partial charge in [0.1, 0.15) is 0 Å². The SMILES string of the molecule is Nc1cc(C(=O)Nc2nc3ccc(Cl)cc3s2)ccc1Cl.